The van der Waals surface area contributed by atoms with Crippen LogP contribution in [0.5, 0.6) is 11.5 Å². The van der Waals surface area contributed by atoms with Gasteiger partial charge in [-0.15, -0.1) is 5.11 Å². The van der Waals surface area contributed by atoms with Crippen molar-refractivity contribution in [3.63, 3.8) is 0 Å². The molecular weight excluding hydrogens is 394 g/mol. The number of aromatic hydroxyl groups is 2. The molecule has 0 aliphatic rings. The van der Waals surface area contributed by atoms with Gasteiger partial charge >= 0.3 is 0 Å². The third-order valence-electron chi connectivity index (χ3n) is 4.42. The lowest BCUT2D eigenvalue weighted by molar-refractivity contribution is -0.117. The fourth-order valence-electron chi connectivity index (χ4n) is 2.70. The third kappa shape index (κ3) is 5.42. The Labute approximate surface area is 179 Å². The molecule has 7 heteroatoms. The van der Waals surface area contributed by atoms with E-state index in [1.807, 2.05) is 0 Å². The molecule has 0 spiro atoms. The predicted molar refractivity (Wildman–Crippen MR) is 117 cm³/mol. The van der Waals surface area contributed by atoms with Gasteiger partial charge in [-0.25, -0.2) is 0 Å². The molecule has 0 saturated heterocycles. The number of azo groups is 1. The number of amides is 1. The van der Waals surface area contributed by atoms with Crippen LogP contribution in [0, 0.1) is 0 Å². The van der Waals surface area contributed by atoms with Crippen LogP contribution in [0.15, 0.2) is 89.1 Å². The lowest BCUT2D eigenvalue weighted by Gasteiger charge is -2.07. The van der Waals surface area contributed by atoms with E-state index in [0.717, 1.165) is 11.6 Å². The summed E-state index contributed by atoms with van der Waals surface area (Å²) in [5.41, 5.74) is 2.29. The Hall–Kier alpha value is -4.26. The Bertz CT molecular complexity index is 1150. The van der Waals surface area contributed by atoms with Crippen LogP contribution >= 0.6 is 0 Å². The summed E-state index contributed by atoms with van der Waals surface area (Å²) in [5.74, 6) is -1.25. The number of phenols is 2. The first-order valence-corrected chi connectivity index (χ1v) is 9.45. The molecule has 0 heterocycles. The van der Waals surface area contributed by atoms with Crippen molar-refractivity contribution in [3.8, 4) is 11.5 Å². The second-order valence-electron chi connectivity index (χ2n) is 6.88. The van der Waals surface area contributed by atoms with Gasteiger partial charge in [-0.2, -0.15) is 5.11 Å². The number of benzene rings is 3. The molecule has 1 amide bonds. The Balaban J connectivity index is 1.77. The number of hydrogen-bond acceptors (Lipinski definition) is 6. The molecule has 0 unspecified atom stereocenters. The second kappa shape index (κ2) is 9.49. The zero-order chi connectivity index (χ0) is 22.4. The minimum Gasteiger partial charge on any atom is -0.507 e. The first-order chi connectivity index (χ1) is 14.8. The molecule has 7 nitrogen and oxygen atoms in total. The molecule has 156 valence electrons. The normalized spacial score (nSPS) is 10.7. The molecule has 3 aromatic rings. The lowest BCUT2D eigenvalue weighted by Crippen LogP contribution is -2.22. The SMILES string of the molecule is C=C(C)C(=O)NCc1ccc(/N=N/c2cc(C(=O)c3ccccc3)c(O)cc2O)cc1. The summed E-state index contributed by atoms with van der Waals surface area (Å²) in [6.07, 6.45) is 0. The maximum absolute atomic E-state index is 12.6. The summed E-state index contributed by atoms with van der Waals surface area (Å²) in [4.78, 5) is 24.2. The minimum absolute atomic E-state index is 0.0153. The average Bonchev–Trinajstić information content (AvgIpc) is 2.77. The smallest absolute Gasteiger partial charge is 0.246 e. The number of ketones is 1. The van der Waals surface area contributed by atoms with Crippen LogP contribution in [0.1, 0.15) is 28.4 Å². The van der Waals surface area contributed by atoms with Crippen molar-refractivity contribution in [2.24, 2.45) is 10.2 Å². The Morgan fingerprint density at radius 2 is 1.61 bits per heavy atom. The van der Waals surface area contributed by atoms with E-state index >= 15 is 0 Å². The first kappa shape index (κ1) is 21.4. The molecule has 0 bridgehead atoms. The van der Waals surface area contributed by atoms with Crippen molar-refractivity contribution < 1.29 is 19.8 Å². The van der Waals surface area contributed by atoms with Gasteiger partial charge in [0.05, 0.1) is 11.3 Å². The first-order valence-electron chi connectivity index (χ1n) is 9.45. The van der Waals surface area contributed by atoms with Gasteiger partial charge in [0.1, 0.15) is 17.2 Å². The molecule has 0 atom stereocenters. The largest absolute Gasteiger partial charge is 0.507 e. The summed E-state index contributed by atoms with van der Waals surface area (Å²) in [7, 11) is 0. The van der Waals surface area contributed by atoms with Crippen LogP contribution in [-0.2, 0) is 11.3 Å². The van der Waals surface area contributed by atoms with Crippen LogP contribution in [0.3, 0.4) is 0 Å². The lowest BCUT2D eigenvalue weighted by atomic mass is 10.0. The molecule has 0 aliphatic carbocycles. The Morgan fingerprint density at radius 3 is 2.26 bits per heavy atom. The summed E-state index contributed by atoms with van der Waals surface area (Å²) < 4.78 is 0. The molecular formula is C24H21N3O4. The van der Waals surface area contributed by atoms with Gasteiger partial charge < -0.3 is 15.5 Å². The van der Waals surface area contributed by atoms with Crippen LogP contribution < -0.4 is 5.32 Å². The quantitative estimate of drug-likeness (QED) is 0.288. The molecule has 0 radical (unpaired) electrons. The zero-order valence-corrected chi connectivity index (χ0v) is 16.9. The maximum atomic E-state index is 12.6. The van der Waals surface area contributed by atoms with E-state index in [1.54, 1.807) is 61.5 Å². The molecule has 3 aromatic carbocycles. The van der Waals surface area contributed by atoms with E-state index in [1.165, 1.54) is 6.07 Å². The van der Waals surface area contributed by atoms with Crippen LogP contribution in [0.25, 0.3) is 0 Å². The third-order valence-corrected chi connectivity index (χ3v) is 4.42. The van der Waals surface area contributed by atoms with Gasteiger partial charge in [0, 0.05) is 23.7 Å². The number of hydrogen-bond donors (Lipinski definition) is 3. The van der Waals surface area contributed by atoms with Crippen molar-refractivity contribution in [3.05, 3.63) is 95.6 Å². The second-order valence-corrected chi connectivity index (χ2v) is 6.88. The van der Waals surface area contributed by atoms with E-state index in [9.17, 15) is 19.8 Å². The molecule has 0 aliphatic heterocycles. The monoisotopic (exact) mass is 415 g/mol. The molecule has 31 heavy (non-hydrogen) atoms. The number of carbonyl (C=O) groups excluding carboxylic acids is 2. The zero-order valence-electron chi connectivity index (χ0n) is 16.9. The molecule has 3 rings (SSSR count). The molecule has 0 aromatic heterocycles. The van der Waals surface area contributed by atoms with Crippen molar-refractivity contribution in [1.29, 1.82) is 0 Å². The fourth-order valence-corrected chi connectivity index (χ4v) is 2.70. The standard InChI is InChI=1S/C24H21N3O4/c1-15(2)24(31)25-14-16-8-10-18(11-9-16)26-27-20-12-19(21(28)13-22(20)29)23(30)17-6-4-3-5-7-17/h3-13,28-29H,1,14H2,2H3,(H,25,31)/b27-26+. The highest BCUT2D eigenvalue weighted by atomic mass is 16.3. The van der Waals surface area contributed by atoms with Crippen molar-refractivity contribution in [2.75, 3.05) is 0 Å². The fraction of sp³-hybridized carbons (Fsp3) is 0.0833. The number of nitrogens with one attached hydrogen (secondary N) is 1. The minimum atomic E-state index is -0.393. The van der Waals surface area contributed by atoms with Gasteiger partial charge in [0.25, 0.3) is 0 Å². The van der Waals surface area contributed by atoms with E-state index in [2.05, 4.69) is 22.1 Å². The van der Waals surface area contributed by atoms with Gasteiger partial charge in [0.2, 0.25) is 5.91 Å². The Morgan fingerprint density at radius 1 is 0.935 bits per heavy atom. The van der Waals surface area contributed by atoms with E-state index in [-0.39, 0.29) is 28.7 Å². The van der Waals surface area contributed by atoms with Gasteiger partial charge in [-0.3, -0.25) is 9.59 Å². The summed E-state index contributed by atoms with van der Waals surface area (Å²) >= 11 is 0. The highest BCUT2D eigenvalue weighted by Gasteiger charge is 2.17. The highest BCUT2D eigenvalue weighted by molar-refractivity contribution is 6.11. The summed E-state index contributed by atoms with van der Waals surface area (Å²) in [5, 5.41) is 31.0. The van der Waals surface area contributed by atoms with Crippen LogP contribution in [0.4, 0.5) is 11.4 Å². The van der Waals surface area contributed by atoms with E-state index < -0.39 is 5.78 Å². The van der Waals surface area contributed by atoms with Crippen molar-refractivity contribution >= 4 is 23.1 Å². The topological polar surface area (TPSA) is 111 Å². The summed E-state index contributed by atoms with van der Waals surface area (Å²) in [6.45, 7) is 5.57. The number of nitrogens with zero attached hydrogens (tertiary/aromatic N) is 2. The highest BCUT2D eigenvalue weighted by Crippen LogP contribution is 2.35. The molecule has 0 fully saturated rings. The molecule has 0 saturated carbocycles. The van der Waals surface area contributed by atoms with Gasteiger partial charge in [-0.1, -0.05) is 49.0 Å². The summed E-state index contributed by atoms with van der Waals surface area (Å²) in [6, 6.07) is 17.8. The van der Waals surface area contributed by atoms with Crippen LogP contribution in [0.2, 0.25) is 0 Å². The predicted octanol–water partition coefficient (Wildman–Crippen LogP) is 4.94. The van der Waals surface area contributed by atoms with Crippen molar-refractivity contribution in [1.82, 2.24) is 5.32 Å². The number of rotatable bonds is 7. The van der Waals surface area contributed by atoms with E-state index in [0.29, 0.717) is 23.4 Å². The average molecular weight is 415 g/mol. The van der Waals surface area contributed by atoms with Crippen molar-refractivity contribution in [2.45, 2.75) is 13.5 Å². The van der Waals surface area contributed by atoms with Crippen LogP contribution in [-0.4, -0.2) is 21.9 Å². The van der Waals surface area contributed by atoms with E-state index in [4.69, 9.17) is 0 Å². The number of carbonyl (C=O) groups is 2. The maximum Gasteiger partial charge on any atom is 0.246 e. The van der Waals surface area contributed by atoms with Gasteiger partial charge in [0.15, 0.2) is 5.78 Å². The Kier molecular flexibility index (Phi) is 6.57. The van der Waals surface area contributed by atoms with Gasteiger partial charge in [-0.05, 0) is 30.7 Å². The molecule has 3 N–H and O–H groups in total. The number of phenolic OH excluding ortho intramolecular Hbond substituents is 2.